The van der Waals surface area contributed by atoms with Gasteiger partial charge in [-0.2, -0.15) is 0 Å². The summed E-state index contributed by atoms with van der Waals surface area (Å²) in [5.74, 6) is 0. The number of carbonyl (C=O) groups is 2. The summed E-state index contributed by atoms with van der Waals surface area (Å²) in [6.07, 6.45) is -1.08. The van der Waals surface area contributed by atoms with Crippen LogP contribution in [0.25, 0.3) is 0 Å². The minimum Gasteiger partial charge on any atom is -0.465 e. The molecular formula is C18H28N2O5. The van der Waals surface area contributed by atoms with Crippen molar-refractivity contribution in [3.05, 3.63) is 35.9 Å². The fourth-order valence-corrected chi connectivity index (χ4v) is 2.55. The molecule has 0 aromatic heterocycles. The molecular weight excluding hydrogens is 324 g/mol. The van der Waals surface area contributed by atoms with Crippen LogP contribution in [0.3, 0.4) is 0 Å². The number of nitrogens with zero attached hydrogens (tertiary/aromatic N) is 1. The minimum absolute atomic E-state index is 0.168. The second-order valence-electron chi connectivity index (χ2n) is 5.63. The Bertz CT molecular complexity index is 505. The van der Waals surface area contributed by atoms with E-state index in [1.165, 1.54) is 0 Å². The maximum atomic E-state index is 11.3. The number of rotatable bonds is 12. The quantitative estimate of drug-likeness (QED) is 0.442. The van der Waals surface area contributed by atoms with E-state index in [4.69, 9.17) is 14.6 Å². The molecule has 7 nitrogen and oxygen atoms in total. The second kappa shape index (κ2) is 11.6. The van der Waals surface area contributed by atoms with E-state index in [2.05, 4.69) is 5.32 Å². The monoisotopic (exact) mass is 352 g/mol. The van der Waals surface area contributed by atoms with Gasteiger partial charge in [0.1, 0.15) is 12.3 Å². The summed E-state index contributed by atoms with van der Waals surface area (Å²) in [6, 6.07) is 8.78. The van der Waals surface area contributed by atoms with Crippen LogP contribution in [0.2, 0.25) is 0 Å². The lowest BCUT2D eigenvalue weighted by molar-refractivity contribution is -0.172. The second-order valence-corrected chi connectivity index (χ2v) is 5.63. The molecule has 0 spiro atoms. The van der Waals surface area contributed by atoms with Crippen molar-refractivity contribution < 1.29 is 24.2 Å². The van der Waals surface area contributed by atoms with Crippen LogP contribution in [0, 0.1) is 0 Å². The molecule has 0 radical (unpaired) electrons. The molecule has 1 rings (SSSR count). The lowest BCUT2D eigenvalue weighted by Gasteiger charge is -2.35. The molecule has 7 heteroatoms. The lowest BCUT2D eigenvalue weighted by Crippen LogP contribution is -2.51. The molecule has 0 saturated carbocycles. The molecule has 0 unspecified atom stereocenters. The molecule has 0 saturated heterocycles. The molecule has 0 fully saturated rings. The summed E-state index contributed by atoms with van der Waals surface area (Å²) in [4.78, 5) is 24.1. The predicted octanol–water partition coefficient (Wildman–Crippen LogP) is 2.11. The summed E-state index contributed by atoms with van der Waals surface area (Å²) in [5, 5.41) is 11.1. The Morgan fingerprint density at radius 1 is 1.24 bits per heavy atom. The first-order valence-electron chi connectivity index (χ1n) is 8.47. The topological polar surface area (TPSA) is 88.1 Å². The molecule has 1 aromatic rings. The Balaban J connectivity index is 2.94. The van der Waals surface area contributed by atoms with Crippen molar-refractivity contribution in [3.8, 4) is 0 Å². The van der Waals surface area contributed by atoms with Crippen molar-refractivity contribution in [2.75, 3.05) is 19.8 Å². The summed E-state index contributed by atoms with van der Waals surface area (Å²) in [6.45, 7) is 7.49. The van der Waals surface area contributed by atoms with E-state index in [-0.39, 0.29) is 12.6 Å². The zero-order valence-corrected chi connectivity index (χ0v) is 15.1. The number of ether oxygens (including phenoxy) is 2. The van der Waals surface area contributed by atoms with Gasteiger partial charge in [0.2, 0.25) is 0 Å². The number of nitrogens with one attached hydrogen (secondary N) is 1. The molecule has 0 heterocycles. The lowest BCUT2D eigenvalue weighted by atomic mass is 10.1. The standard InChI is InChI=1S/C18H28N2O5/c1-4-24-17(25-5-2)14(3)20(11-15-9-7-6-8-10-15)12-16(13-21)19-18(22)23/h6-10,13-14,16-17,19H,4-5,11-12H2,1-3H3,(H,22,23)/t14-,16-/m0/s1. The highest BCUT2D eigenvalue weighted by Gasteiger charge is 2.27. The van der Waals surface area contributed by atoms with Crippen molar-refractivity contribution in [1.82, 2.24) is 10.2 Å². The first kappa shape index (κ1) is 21.1. The SMILES string of the molecule is CCOC(OCC)[C@H](C)N(Cc1ccccc1)C[C@@H](C=O)NC(=O)O. The Hall–Kier alpha value is -1.96. The first-order chi connectivity index (χ1) is 12.0. The van der Waals surface area contributed by atoms with E-state index < -0.39 is 18.4 Å². The van der Waals surface area contributed by atoms with E-state index in [0.29, 0.717) is 26.0 Å². The van der Waals surface area contributed by atoms with E-state index in [1.807, 2.05) is 56.0 Å². The fraction of sp³-hybridized carbons (Fsp3) is 0.556. The highest BCUT2D eigenvalue weighted by atomic mass is 16.7. The molecule has 1 amide bonds. The third kappa shape index (κ3) is 7.64. The summed E-state index contributed by atoms with van der Waals surface area (Å²) < 4.78 is 11.3. The van der Waals surface area contributed by atoms with Crippen LogP contribution < -0.4 is 5.32 Å². The number of carboxylic acid groups (broad SMARTS) is 1. The maximum absolute atomic E-state index is 11.3. The van der Waals surface area contributed by atoms with Gasteiger partial charge in [-0.3, -0.25) is 4.90 Å². The Kier molecular flexibility index (Phi) is 9.76. The summed E-state index contributed by atoms with van der Waals surface area (Å²) in [7, 11) is 0. The third-order valence-corrected chi connectivity index (χ3v) is 3.76. The number of benzene rings is 1. The van der Waals surface area contributed by atoms with Gasteiger partial charge in [0.25, 0.3) is 0 Å². The normalized spacial score (nSPS) is 13.6. The van der Waals surface area contributed by atoms with Gasteiger partial charge in [0.15, 0.2) is 6.29 Å². The van der Waals surface area contributed by atoms with E-state index >= 15 is 0 Å². The van der Waals surface area contributed by atoms with Crippen LogP contribution in [0.1, 0.15) is 26.3 Å². The van der Waals surface area contributed by atoms with Gasteiger partial charge in [-0.1, -0.05) is 30.3 Å². The zero-order chi connectivity index (χ0) is 18.7. The number of carbonyl (C=O) groups excluding carboxylic acids is 1. The van der Waals surface area contributed by atoms with E-state index in [1.54, 1.807) is 0 Å². The van der Waals surface area contributed by atoms with Gasteiger partial charge >= 0.3 is 6.09 Å². The van der Waals surface area contributed by atoms with Crippen molar-refractivity contribution in [2.45, 2.75) is 45.7 Å². The molecule has 25 heavy (non-hydrogen) atoms. The molecule has 0 bridgehead atoms. The summed E-state index contributed by atoms with van der Waals surface area (Å²) in [5.41, 5.74) is 1.06. The average molecular weight is 352 g/mol. The van der Waals surface area contributed by atoms with Crippen LogP contribution in [-0.2, 0) is 20.8 Å². The maximum Gasteiger partial charge on any atom is 0.405 e. The summed E-state index contributed by atoms with van der Waals surface area (Å²) >= 11 is 0. The van der Waals surface area contributed by atoms with Crippen LogP contribution in [0.4, 0.5) is 4.79 Å². The molecule has 0 aliphatic heterocycles. The predicted molar refractivity (Wildman–Crippen MR) is 94.4 cm³/mol. The molecule has 140 valence electrons. The minimum atomic E-state index is -1.23. The van der Waals surface area contributed by atoms with Crippen LogP contribution in [0.5, 0.6) is 0 Å². The number of hydrogen-bond acceptors (Lipinski definition) is 5. The molecule has 2 N–H and O–H groups in total. The fourth-order valence-electron chi connectivity index (χ4n) is 2.55. The van der Waals surface area contributed by atoms with Gasteiger partial charge in [-0.05, 0) is 26.3 Å². The Morgan fingerprint density at radius 3 is 2.32 bits per heavy atom. The van der Waals surface area contributed by atoms with Gasteiger partial charge in [0, 0.05) is 26.3 Å². The number of amides is 1. The van der Waals surface area contributed by atoms with Crippen LogP contribution in [0.15, 0.2) is 30.3 Å². The van der Waals surface area contributed by atoms with E-state index in [9.17, 15) is 9.59 Å². The van der Waals surface area contributed by atoms with Crippen molar-refractivity contribution >= 4 is 12.4 Å². The Morgan fingerprint density at radius 2 is 1.84 bits per heavy atom. The highest BCUT2D eigenvalue weighted by molar-refractivity contribution is 5.71. The van der Waals surface area contributed by atoms with Gasteiger partial charge in [0.05, 0.1) is 6.04 Å². The van der Waals surface area contributed by atoms with Crippen molar-refractivity contribution in [1.29, 1.82) is 0 Å². The van der Waals surface area contributed by atoms with Crippen molar-refractivity contribution in [2.24, 2.45) is 0 Å². The average Bonchev–Trinajstić information content (AvgIpc) is 2.60. The molecule has 1 aromatic carbocycles. The third-order valence-electron chi connectivity index (χ3n) is 3.76. The zero-order valence-electron chi connectivity index (χ0n) is 15.1. The van der Waals surface area contributed by atoms with Gasteiger partial charge in [-0.25, -0.2) is 4.79 Å². The van der Waals surface area contributed by atoms with Gasteiger partial charge in [-0.15, -0.1) is 0 Å². The smallest absolute Gasteiger partial charge is 0.405 e. The van der Waals surface area contributed by atoms with Gasteiger partial charge < -0.3 is 24.7 Å². The van der Waals surface area contributed by atoms with Crippen molar-refractivity contribution in [3.63, 3.8) is 0 Å². The van der Waals surface area contributed by atoms with Crippen LogP contribution >= 0.6 is 0 Å². The van der Waals surface area contributed by atoms with Crippen LogP contribution in [-0.4, -0.2) is 60.5 Å². The Labute approximate surface area is 148 Å². The number of aldehydes is 1. The number of hydrogen-bond donors (Lipinski definition) is 2. The molecule has 0 aliphatic carbocycles. The molecule has 2 atom stereocenters. The first-order valence-corrected chi connectivity index (χ1v) is 8.47. The van der Waals surface area contributed by atoms with E-state index in [0.717, 1.165) is 5.56 Å². The highest BCUT2D eigenvalue weighted by Crippen LogP contribution is 2.15. The largest absolute Gasteiger partial charge is 0.465 e. The molecule has 0 aliphatic rings.